The molecule has 5 aromatic rings. The van der Waals surface area contributed by atoms with Crippen LogP contribution in [-0.2, 0) is 0 Å². The minimum Gasteiger partial charge on any atom is -0.313 e. The van der Waals surface area contributed by atoms with E-state index in [9.17, 15) is 0 Å². The van der Waals surface area contributed by atoms with Crippen LogP contribution in [0.5, 0.6) is 0 Å². The number of halogens is 1. The van der Waals surface area contributed by atoms with Crippen molar-refractivity contribution >= 4 is 21.8 Å². The number of para-hydroxylation sites is 1. The van der Waals surface area contributed by atoms with E-state index in [-0.39, 0.29) is 5.69 Å². The van der Waals surface area contributed by atoms with Crippen LogP contribution in [0, 0.1) is 17.1 Å². The molecule has 0 fully saturated rings. The Morgan fingerprint density at radius 3 is 2.61 bits per heavy atom. The van der Waals surface area contributed by atoms with Crippen LogP contribution in [0.15, 0.2) is 79.3 Å². The Morgan fingerprint density at radius 2 is 1.79 bits per heavy atom. The van der Waals surface area contributed by atoms with Gasteiger partial charge in [0.25, 0.3) is 0 Å². The number of pyridine rings is 2. The fourth-order valence-corrected chi connectivity index (χ4v) is 3.48. The van der Waals surface area contributed by atoms with Crippen molar-refractivity contribution in [3.8, 4) is 23.0 Å². The lowest BCUT2D eigenvalue weighted by Crippen LogP contribution is -2.02. The molecule has 5 heteroatoms. The summed E-state index contributed by atoms with van der Waals surface area (Å²) in [4.78, 5) is 8.71. The summed E-state index contributed by atoms with van der Waals surface area (Å²) >= 11 is 0. The van der Waals surface area contributed by atoms with Gasteiger partial charge in [0.05, 0.1) is 28.4 Å². The van der Waals surface area contributed by atoms with Crippen molar-refractivity contribution in [2.24, 2.45) is 0 Å². The summed E-state index contributed by atoms with van der Waals surface area (Å²) in [5, 5.41) is 10.7. The number of aromatic nitrogens is 3. The van der Waals surface area contributed by atoms with E-state index in [1.807, 2.05) is 47.2 Å². The lowest BCUT2D eigenvalue weighted by molar-refractivity contribution is 0.621. The van der Waals surface area contributed by atoms with Crippen LogP contribution in [0.3, 0.4) is 0 Å². The lowest BCUT2D eigenvalue weighted by Gasteiger charge is -2.14. The van der Waals surface area contributed by atoms with Gasteiger partial charge in [0.15, 0.2) is 5.82 Å². The minimum absolute atomic E-state index is 0.258. The molecule has 0 unspecified atom stereocenters. The third-order valence-electron chi connectivity index (χ3n) is 4.83. The molecular weight excluding hydrogens is 351 g/mol. The van der Waals surface area contributed by atoms with Crippen molar-refractivity contribution in [3.05, 3.63) is 90.6 Å². The van der Waals surface area contributed by atoms with Crippen LogP contribution in [-0.4, -0.2) is 14.5 Å². The van der Waals surface area contributed by atoms with Gasteiger partial charge in [0.2, 0.25) is 0 Å². The van der Waals surface area contributed by atoms with E-state index in [0.29, 0.717) is 22.3 Å². The molecule has 0 spiro atoms. The SMILES string of the molecule is N#Cc1ccc(-c2nc3ccccc3c(-n3ccc4cnccc43)c2F)cc1. The number of rotatable bonds is 2. The molecule has 3 aromatic heterocycles. The zero-order chi connectivity index (χ0) is 19.1. The molecule has 0 radical (unpaired) electrons. The first-order chi connectivity index (χ1) is 13.8. The van der Waals surface area contributed by atoms with Crippen molar-refractivity contribution in [1.82, 2.24) is 14.5 Å². The van der Waals surface area contributed by atoms with Crippen molar-refractivity contribution < 1.29 is 4.39 Å². The topological polar surface area (TPSA) is 54.5 Å². The van der Waals surface area contributed by atoms with Crippen molar-refractivity contribution in [2.45, 2.75) is 0 Å². The average molecular weight is 364 g/mol. The molecular formula is C23H13FN4. The molecule has 2 aromatic carbocycles. The molecule has 0 aliphatic rings. The van der Waals surface area contributed by atoms with E-state index in [1.54, 1.807) is 36.7 Å². The Labute approximate surface area is 160 Å². The Kier molecular flexibility index (Phi) is 3.63. The zero-order valence-electron chi connectivity index (χ0n) is 14.7. The van der Waals surface area contributed by atoms with E-state index < -0.39 is 5.82 Å². The second kappa shape index (κ2) is 6.29. The fraction of sp³-hybridized carbons (Fsp3) is 0. The van der Waals surface area contributed by atoms with E-state index in [1.165, 1.54) is 0 Å². The molecule has 0 bridgehead atoms. The molecule has 28 heavy (non-hydrogen) atoms. The van der Waals surface area contributed by atoms with Gasteiger partial charge in [0, 0.05) is 34.9 Å². The molecule has 0 saturated carbocycles. The van der Waals surface area contributed by atoms with Crippen molar-refractivity contribution in [3.63, 3.8) is 0 Å². The molecule has 0 atom stereocenters. The molecule has 5 rings (SSSR count). The Morgan fingerprint density at radius 1 is 0.964 bits per heavy atom. The first-order valence-corrected chi connectivity index (χ1v) is 8.76. The second-order valence-corrected chi connectivity index (χ2v) is 6.45. The maximum absolute atomic E-state index is 15.8. The maximum atomic E-state index is 15.8. The number of hydrogen-bond donors (Lipinski definition) is 0. The summed E-state index contributed by atoms with van der Waals surface area (Å²) in [5.41, 5.74) is 3.43. The summed E-state index contributed by atoms with van der Waals surface area (Å²) in [6.07, 6.45) is 5.30. The highest BCUT2D eigenvalue weighted by atomic mass is 19.1. The van der Waals surface area contributed by atoms with Crippen LogP contribution in [0.4, 0.5) is 4.39 Å². The number of hydrogen-bond acceptors (Lipinski definition) is 3. The van der Waals surface area contributed by atoms with E-state index in [0.717, 1.165) is 16.3 Å². The van der Waals surface area contributed by atoms with Gasteiger partial charge in [0.1, 0.15) is 5.69 Å². The van der Waals surface area contributed by atoms with Crippen molar-refractivity contribution in [1.29, 1.82) is 5.26 Å². The molecule has 4 nitrogen and oxygen atoms in total. The number of nitriles is 1. The zero-order valence-corrected chi connectivity index (χ0v) is 14.7. The highest BCUT2D eigenvalue weighted by Gasteiger charge is 2.19. The van der Waals surface area contributed by atoms with Gasteiger partial charge in [-0.05, 0) is 30.3 Å². The molecule has 0 amide bonds. The summed E-state index contributed by atoms with van der Waals surface area (Å²) in [6.45, 7) is 0. The third-order valence-corrected chi connectivity index (χ3v) is 4.83. The first-order valence-electron chi connectivity index (χ1n) is 8.76. The molecule has 0 saturated heterocycles. The monoisotopic (exact) mass is 364 g/mol. The third kappa shape index (κ3) is 2.43. The lowest BCUT2D eigenvalue weighted by atomic mass is 10.1. The van der Waals surface area contributed by atoms with Crippen LogP contribution in [0.1, 0.15) is 5.56 Å². The first kappa shape index (κ1) is 16.2. The Balaban J connectivity index is 1.85. The summed E-state index contributed by atoms with van der Waals surface area (Å²) in [6, 6.07) is 20.2. The van der Waals surface area contributed by atoms with Gasteiger partial charge >= 0.3 is 0 Å². The highest BCUT2D eigenvalue weighted by molar-refractivity contribution is 5.93. The fourth-order valence-electron chi connectivity index (χ4n) is 3.48. The van der Waals surface area contributed by atoms with Crippen LogP contribution >= 0.6 is 0 Å². The summed E-state index contributed by atoms with van der Waals surface area (Å²) in [7, 11) is 0. The molecule has 132 valence electrons. The molecule has 0 N–H and O–H groups in total. The van der Waals surface area contributed by atoms with Gasteiger partial charge in [-0.25, -0.2) is 9.37 Å². The van der Waals surface area contributed by atoms with Gasteiger partial charge in [-0.1, -0.05) is 30.3 Å². The molecule has 3 heterocycles. The predicted octanol–water partition coefficient (Wildman–Crippen LogP) is 5.25. The Bertz CT molecular complexity index is 1380. The normalized spacial score (nSPS) is 11.0. The second-order valence-electron chi connectivity index (χ2n) is 6.45. The molecule has 0 aliphatic heterocycles. The summed E-state index contributed by atoms with van der Waals surface area (Å²) in [5.74, 6) is -0.405. The number of fused-ring (bicyclic) bond motifs is 2. The smallest absolute Gasteiger partial charge is 0.174 e. The van der Waals surface area contributed by atoms with Crippen LogP contribution < -0.4 is 0 Å². The quantitative estimate of drug-likeness (QED) is 0.430. The molecule has 0 aliphatic carbocycles. The van der Waals surface area contributed by atoms with E-state index >= 15 is 4.39 Å². The Hall–Kier alpha value is -4.04. The maximum Gasteiger partial charge on any atom is 0.174 e. The highest BCUT2D eigenvalue weighted by Crippen LogP contribution is 2.33. The summed E-state index contributed by atoms with van der Waals surface area (Å²) < 4.78 is 17.6. The van der Waals surface area contributed by atoms with Crippen LogP contribution in [0.25, 0.3) is 38.8 Å². The largest absolute Gasteiger partial charge is 0.313 e. The number of nitrogens with zero attached hydrogens (tertiary/aromatic N) is 4. The van der Waals surface area contributed by atoms with Crippen LogP contribution in [0.2, 0.25) is 0 Å². The van der Waals surface area contributed by atoms with Gasteiger partial charge < -0.3 is 4.57 Å². The standard InChI is InChI=1S/C23H13FN4/c24-21-22(16-7-5-15(13-25)6-8-16)27-19-4-2-1-3-18(19)23(21)28-12-10-17-14-26-11-9-20(17)28/h1-12,14H. The average Bonchev–Trinajstić information content (AvgIpc) is 3.17. The minimum atomic E-state index is -0.405. The van der Waals surface area contributed by atoms with E-state index in [4.69, 9.17) is 5.26 Å². The van der Waals surface area contributed by atoms with Gasteiger partial charge in [-0.15, -0.1) is 0 Å². The predicted molar refractivity (Wildman–Crippen MR) is 106 cm³/mol. The number of benzene rings is 2. The van der Waals surface area contributed by atoms with Gasteiger partial charge in [-0.3, -0.25) is 4.98 Å². The van der Waals surface area contributed by atoms with Crippen molar-refractivity contribution in [2.75, 3.05) is 0 Å². The van der Waals surface area contributed by atoms with Gasteiger partial charge in [-0.2, -0.15) is 5.26 Å². The van der Waals surface area contributed by atoms with E-state index in [2.05, 4.69) is 16.0 Å².